The lowest BCUT2D eigenvalue weighted by Crippen LogP contribution is -2.09. The quantitative estimate of drug-likeness (QED) is 0.252. The maximum absolute atomic E-state index is 12.8. The zero-order chi connectivity index (χ0) is 22.1. The molecule has 0 aliphatic carbocycles. The highest BCUT2D eigenvalue weighted by molar-refractivity contribution is 6.42. The third kappa shape index (κ3) is 4.43. The van der Waals surface area contributed by atoms with Gasteiger partial charge in [-0.1, -0.05) is 35.3 Å². The number of hydrogen-bond donors (Lipinski definition) is 0. The summed E-state index contributed by atoms with van der Waals surface area (Å²) in [7, 11) is 0. The van der Waals surface area contributed by atoms with E-state index in [-0.39, 0.29) is 33.1 Å². The second-order valence-corrected chi connectivity index (χ2v) is 7.79. The fraction of sp³-hybridized carbons (Fsp3) is 0.0833. The lowest BCUT2D eigenvalue weighted by Gasteiger charge is -2.10. The molecular weight excluding hydrogens is 439 g/mol. The van der Waals surface area contributed by atoms with Crippen LogP contribution in [0, 0.1) is 13.8 Å². The molecular formula is C24H16Cl2O5. The summed E-state index contributed by atoms with van der Waals surface area (Å²) in [5, 5.41) is 0.888. The minimum Gasteiger partial charge on any atom is -0.460 e. The van der Waals surface area contributed by atoms with Gasteiger partial charge in [0.15, 0.2) is 0 Å². The van der Waals surface area contributed by atoms with Crippen LogP contribution in [-0.4, -0.2) is 5.97 Å². The van der Waals surface area contributed by atoms with Crippen LogP contribution in [0.2, 0.25) is 10.0 Å². The Labute approximate surface area is 187 Å². The summed E-state index contributed by atoms with van der Waals surface area (Å²) in [5.74, 6) is 0.255. The minimum absolute atomic E-state index is 0.0711. The molecule has 0 amide bonds. The molecule has 0 aliphatic heterocycles. The first-order valence-corrected chi connectivity index (χ1v) is 10.1. The van der Waals surface area contributed by atoms with Gasteiger partial charge < -0.3 is 13.9 Å². The van der Waals surface area contributed by atoms with Gasteiger partial charge in [0.1, 0.15) is 23.3 Å². The van der Waals surface area contributed by atoms with Crippen LogP contribution in [-0.2, 0) is 0 Å². The van der Waals surface area contributed by atoms with Gasteiger partial charge in [0.25, 0.3) is 0 Å². The maximum atomic E-state index is 12.8. The van der Waals surface area contributed by atoms with Gasteiger partial charge in [-0.05, 0) is 61.4 Å². The molecule has 0 N–H and O–H groups in total. The third-order valence-corrected chi connectivity index (χ3v) is 5.38. The second-order valence-electron chi connectivity index (χ2n) is 6.98. The highest BCUT2D eigenvalue weighted by Crippen LogP contribution is 2.28. The third-order valence-electron chi connectivity index (χ3n) is 4.64. The van der Waals surface area contributed by atoms with Crippen molar-refractivity contribution >= 4 is 40.1 Å². The molecule has 0 saturated heterocycles. The highest BCUT2D eigenvalue weighted by atomic mass is 35.5. The first-order chi connectivity index (χ1) is 14.8. The number of carbonyl (C=O) groups is 1. The summed E-state index contributed by atoms with van der Waals surface area (Å²) in [5.41, 5.74) is 2.09. The average molecular weight is 455 g/mol. The van der Waals surface area contributed by atoms with Crippen LogP contribution in [0.25, 0.3) is 11.0 Å². The summed E-state index contributed by atoms with van der Waals surface area (Å²) in [6.45, 7) is 3.84. The number of hydrogen-bond acceptors (Lipinski definition) is 5. The van der Waals surface area contributed by atoms with Crippen LogP contribution in [0.3, 0.4) is 0 Å². The van der Waals surface area contributed by atoms with E-state index in [0.29, 0.717) is 16.2 Å². The Balaban J connectivity index is 1.61. The first-order valence-electron chi connectivity index (χ1n) is 9.30. The SMILES string of the molecule is Cc1ccc(C)c(Oc2coc3cc(OC(=O)c4ccc(Cl)c(Cl)c4)ccc3c2=O)c1. The van der Waals surface area contributed by atoms with Crippen LogP contribution in [0.1, 0.15) is 21.5 Å². The van der Waals surface area contributed by atoms with Gasteiger partial charge in [0, 0.05) is 6.07 Å². The molecule has 3 aromatic carbocycles. The van der Waals surface area contributed by atoms with Gasteiger partial charge in [0.2, 0.25) is 11.2 Å². The number of ether oxygens (including phenoxy) is 2. The van der Waals surface area contributed by atoms with E-state index < -0.39 is 5.97 Å². The molecule has 0 radical (unpaired) electrons. The van der Waals surface area contributed by atoms with Crippen molar-refractivity contribution in [2.45, 2.75) is 13.8 Å². The van der Waals surface area contributed by atoms with Crippen molar-refractivity contribution in [1.29, 1.82) is 0 Å². The van der Waals surface area contributed by atoms with E-state index in [1.807, 2.05) is 32.0 Å². The van der Waals surface area contributed by atoms with E-state index >= 15 is 0 Å². The smallest absolute Gasteiger partial charge is 0.343 e. The Kier molecular flexibility index (Phi) is 5.72. The van der Waals surface area contributed by atoms with E-state index in [2.05, 4.69) is 0 Å². The Morgan fingerprint density at radius 3 is 2.48 bits per heavy atom. The summed E-state index contributed by atoms with van der Waals surface area (Å²) in [6.07, 6.45) is 1.25. The summed E-state index contributed by atoms with van der Waals surface area (Å²) < 4.78 is 16.7. The number of esters is 1. The molecule has 0 bridgehead atoms. The molecule has 4 rings (SSSR count). The number of benzene rings is 3. The van der Waals surface area contributed by atoms with Crippen LogP contribution in [0.5, 0.6) is 17.2 Å². The van der Waals surface area contributed by atoms with E-state index in [1.54, 1.807) is 0 Å². The molecule has 1 heterocycles. The Hall–Kier alpha value is -3.28. The molecule has 0 saturated carbocycles. The van der Waals surface area contributed by atoms with Crippen LogP contribution >= 0.6 is 23.2 Å². The second kappa shape index (κ2) is 8.46. The van der Waals surface area contributed by atoms with Crippen molar-refractivity contribution in [2.75, 3.05) is 0 Å². The van der Waals surface area contributed by atoms with Crippen molar-refractivity contribution in [3.63, 3.8) is 0 Å². The Morgan fingerprint density at radius 1 is 0.903 bits per heavy atom. The van der Waals surface area contributed by atoms with Crippen molar-refractivity contribution in [3.8, 4) is 17.2 Å². The normalized spacial score (nSPS) is 10.8. The first kappa shape index (κ1) is 21.0. The fourth-order valence-corrected chi connectivity index (χ4v) is 3.25. The molecule has 0 spiro atoms. The monoisotopic (exact) mass is 454 g/mol. The molecule has 0 unspecified atom stereocenters. The van der Waals surface area contributed by atoms with Crippen LogP contribution in [0.15, 0.2) is 70.1 Å². The molecule has 7 heteroatoms. The molecule has 156 valence electrons. The lowest BCUT2D eigenvalue weighted by molar-refractivity contribution is 0.0735. The Bertz CT molecular complexity index is 1370. The largest absolute Gasteiger partial charge is 0.460 e. The fourth-order valence-electron chi connectivity index (χ4n) is 2.95. The van der Waals surface area contributed by atoms with Crippen LogP contribution < -0.4 is 14.9 Å². The molecule has 0 fully saturated rings. The number of carbonyl (C=O) groups excluding carboxylic acids is 1. The minimum atomic E-state index is -0.616. The lowest BCUT2D eigenvalue weighted by atomic mass is 10.1. The molecule has 0 atom stereocenters. The summed E-state index contributed by atoms with van der Waals surface area (Å²) in [6, 6.07) is 14.7. The zero-order valence-electron chi connectivity index (χ0n) is 16.6. The van der Waals surface area contributed by atoms with Crippen molar-refractivity contribution < 1.29 is 18.7 Å². The zero-order valence-corrected chi connectivity index (χ0v) is 18.1. The van der Waals surface area contributed by atoms with E-state index in [4.69, 9.17) is 37.1 Å². The van der Waals surface area contributed by atoms with E-state index in [9.17, 15) is 9.59 Å². The highest BCUT2D eigenvalue weighted by Gasteiger charge is 2.14. The van der Waals surface area contributed by atoms with Crippen LogP contribution in [0.4, 0.5) is 0 Å². The van der Waals surface area contributed by atoms with Gasteiger partial charge >= 0.3 is 5.97 Å². The van der Waals surface area contributed by atoms with Gasteiger partial charge in [-0.15, -0.1) is 0 Å². The molecule has 0 aliphatic rings. The molecule has 5 nitrogen and oxygen atoms in total. The van der Waals surface area contributed by atoms with Crippen molar-refractivity contribution in [1.82, 2.24) is 0 Å². The van der Waals surface area contributed by atoms with E-state index in [1.165, 1.54) is 42.7 Å². The summed E-state index contributed by atoms with van der Waals surface area (Å²) >= 11 is 11.8. The summed E-state index contributed by atoms with van der Waals surface area (Å²) in [4.78, 5) is 25.2. The number of fused-ring (bicyclic) bond motifs is 1. The van der Waals surface area contributed by atoms with Crippen molar-refractivity contribution in [3.05, 3.63) is 97.8 Å². The number of aryl methyl sites for hydroxylation is 2. The molecule has 31 heavy (non-hydrogen) atoms. The van der Waals surface area contributed by atoms with Gasteiger partial charge in [-0.3, -0.25) is 4.79 Å². The van der Waals surface area contributed by atoms with Gasteiger partial charge in [-0.25, -0.2) is 4.79 Å². The van der Waals surface area contributed by atoms with Gasteiger partial charge in [-0.2, -0.15) is 0 Å². The number of rotatable bonds is 4. The topological polar surface area (TPSA) is 65.7 Å². The average Bonchev–Trinajstić information content (AvgIpc) is 2.74. The molecule has 4 aromatic rings. The van der Waals surface area contributed by atoms with Gasteiger partial charge in [0.05, 0.1) is 21.0 Å². The maximum Gasteiger partial charge on any atom is 0.343 e. The predicted octanol–water partition coefficient (Wildman–Crippen LogP) is 6.73. The Morgan fingerprint density at radius 2 is 1.71 bits per heavy atom. The van der Waals surface area contributed by atoms with Crippen molar-refractivity contribution in [2.24, 2.45) is 0 Å². The molecule has 1 aromatic heterocycles. The number of halogens is 2. The standard InChI is InChI=1S/C24H16Cl2O5/c1-13-3-4-14(2)20(9-13)31-22-12-29-21-11-16(6-7-17(21)23(22)27)30-24(28)15-5-8-18(25)19(26)10-15/h3-12H,1-2H3. The van der Waals surface area contributed by atoms with E-state index in [0.717, 1.165) is 11.1 Å². The predicted molar refractivity (Wildman–Crippen MR) is 120 cm³/mol.